The smallest absolute Gasteiger partial charge is 0.255 e. The highest BCUT2D eigenvalue weighted by molar-refractivity contribution is 5.95. The summed E-state index contributed by atoms with van der Waals surface area (Å²) in [6.07, 6.45) is 0.840. The summed E-state index contributed by atoms with van der Waals surface area (Å²) in [5, 5.41) is 0. The summed E-state index contributed by atoms with van der Waals surface area (Å²) in [7, 11) is 1.85. The minimum absolute atomic E-state index is 0.0914. The van der Waals surface area contributed by atoms with Crippen LogP contribution >= 0.6 is 0 Å². The average molecular weight is 279 g/mol. The minimum Gasteiger partial charge on any atom is -0.349 e. The molecule has 2 N–H and O–H groups in total. The van der Waals surface area contributed by atoms with E-state index >= 15 is 0 Å². The molecule has 0 bridgehead atoms. The van der Waals surface area contributed by atoms with E-state index in [1.807, 2.05) is 27.0 Å². The number of carbonyl (C=O) groups is 1. The van der Waals surface area contributed by atoms with Crippen molar-refractivity contribution in [1.82, 2.24) is 9.47 Å². The maximum absolute atomic E-state index is 12.5. The van der Waals surface area contributed by atoms with Crippen molar-refractivity contribution in [2.75, 3.05) is 13.6 Å². The van der Waals surface area contributed by atoms with E-state index in [2.05, 4.69) is 25.3 Å². The summed E-state index contributed by atoms with van der Waals surface area (Å²) in [6, 6.07) is 2.13. The van der Waals surface area contributed by atoms with Crippen LogP contribution in [-0.4, -0.2) is 35.0 Å². The van der Waals surface area contributed by atoms with E-state index in [1.165, 1.54) is 0 Å². The van der Waals surface area contributed by atoms with Gasteiger partial charge >= 0.3 is 0 Å². The first-order chi connectivity index (χ1) is 9.29. The molecule has 0 aliphatic carbocycles. The average Bonchev–Trinajstić information content (AvgIpc) is 2.69. The lowest BCUT2D eigenvalue weighted by molar-refractivity contribution is 0.0788. The fraction of sp³-hybridized carbons (Fsp3) is 0.688. The fourth-order valence-electron chi connectivity index (χ4n) is 2.49. The van der Waals surface area contributed by atoms with Crippen molar-refractivity contribution >= 4 is 5.91 Å². The van der Waals surface area contributed by atoms with Gasteiger partial charge in [0, 0.05) is 37.6 Å². The van der Waals surface area contributed by atoms with Crippen molar-refractivity contribution in [1.29, 1.82) is 0 Å². The summed E-state index contributed by atoms with van der Waals surface area (Å²) < 4.78 is 2.17. The summed E-state index contributed by atoms with van der Waals surface area (Å²) >= 11 is 0. The highest BCUT2D eigenvalue weighted by atomic mass is 16.2. The van der Waals surface area contributed by atoms with E-state index in [9.17, 15) is 4.79 Å². The van der Waals surface area contributed by atoms with Gasteiger partial charge in [-0.15, -0.1) is 0 Å². The predicted molar refractivity (Wildman–Crippen MR) is 84.0 cm³/mol. The second-order valence-electron chi connectivity index (χ2n) is 5.95. The van der Waals surface area contributed by atoms with E-state index in [0.717, 1.165) is 29.9 Å². The molecule has 1 heterocycles. The zero-order valence-corrected chi connectivity index (χ0v) is 13.7. The Morgan fingerprint density at radius 1 is 1.40 bits per heavy atom. The molecule has 0 spiro atoms. The maximum Gasteiger partial charge on any atom is 0.255 e. The number of hydrogen-bond acceptors (Lipinski definition) is 2. The van der Waals surface area contributed by atoms with Crippen molar-refractivity contribution in [2.45, 2.75) is 53.6 Å². The first kappa shape index (κ1) is 16.8. The van der Waals surface area contributed by atoms with Crippen LogP contribution in [0.5, 0.6) is 0 Å². The first-order valence-corrected chi connectivity index (χ1v) is 7.47. The Labute approximate surface area is 122 Å². The third kappa shape index (κ3) is 3.63. The normalized spacial score (nSPS) is 12.8. The second-order valence-corrected chi connectivity index (χ2v) is 5.95. The molecule has 1 amide bonds. The zero-order chi connectivity index (χ0) is 15.4. The third-order valence-electron chi connectivity index (χ3n) is 4.12. The maximum atomic E-state index is 12.5. The van der Waals surface area contributed by atoms with Crippen molar-refractivity contribution in [3.8, 4) is 0 Å². The van der Waals surface area contributed by atoms with Crippen LogP contribution in [0.15, 0.2) is 6.07 Å². The lowest BCUT2D eigenvalue weighted by Gasteiger charge is -2.21. The molecule has 1 atom stereocenters. The lowest BCUT2D eigenvalue weighted by atomic mass is 10.0. The molecule has 0 radical (unpaired) electrons. The van der Waals surface area contributed by atoms with Gasteiger partial charge in [0.05, 0.1) is 5.56 Å². The molecule has 4 nitrogen and oxygen atoms in total. The number of nitrogens with zero attached hydrogens (tertiary/aromatic N) is 2. The molecule has 0 aromatic carbocycles. The minimum atomic E-state index is 0.0914. The van der Waals surface area contributed by atoms with Gasteiger partial charge in [-0.1, -0.05) is 13.8 Å². The Kier molecular flexibility index (Phi) is 5.81. The van der Waals surface area contributed by atoms with Crippen LogP contribution in [-0.2, 0) is 6.54 Å². The topological polar surface area (TPSA) is 51.3 Å². The molecule has 0 fully saturated rings. The number of rotatable bonds is 6. The Hall–Kier alpha value is -1.29. The highest BCUT2D eigenvalue weighted by Crippen LogP contribution is 2.17. The summed E-state index contributed by atoms with van der Waals surface area (Å²) in [5.41, 5.74) is 9.04. The second kappa shape index (κ2) is 6.93. The molecule has 0 aliphatic heterocycles. The van der Waals surface area contributed by atoms with Gasteiger partial charge < -0.3 is 15.2 Å². The SMILES string of the molecule is CCn1c(C)cc(C(=O)N(C)CCC(N)C(C)C)c1C. The monoisotopic (exact) mass is 279 g/mol. The van der Waals surface area contributed by atoms with Gasteiger partial charge in [0.15, 0.2) is 0 Å². The fourth-order valence-corrected chi connectivity index (χ4v) is 2.49. The lowest BCUT2D eigenvalue weighted by Crippen LogP contribution is -2.34. The molecule has 1 rings (SSSR count). The van der Waals surface area contributed by atoms with Crippen LogP contribution in [0.1, 0.15) is 48.9 Å². The molecule has 20 heavy (non-hydrogen) atoms. The first-order valence-electron chi connectivity index (χ1n) is 7.47. The van der Waals surface area contributed by atoms with Crippen LogP contribution in [0.3, 0.4) is 0 Å². The Bertz CT molecular complexity index is 463. The van der Waals surface area contributed by atoms with Crippen LogP contribution < -0.4 is 5.73 Å². The molecule has 4 heteroatoms. The van der Waals surface area contributed by atoms with Gasteiger partial charge in [-0.2, -0.15) is 0 Å². The van der Waals surface area contributed by atoms with Crippen molar-refractivity contribution in [2.24, 2.45) is 11.7 Å². The van der Waals surface area contributed by atoms with Crippen molar-refractivity contribution in [3.05, 3.63) is 23.0 Å². The van der Waals surface area contributed by atoms with E-state index < -0.39 is 0 Å². The van der Waals surface area contributed by atoms with E-state index in [1.54, 1.807) is 4.90 Å². The molecule has 0 aliphatic rings. The molecule has 0 saturated carbocycles. The Morgan fingerprint density at radius 3 is 2.45 bits per heavy atom. The number of carbonyl (C=O) groups excluding carboxylic acids is 1. The molecular formula is C16H29N3O. The van der Waals surface area contributed by atoms with Gasteiger partial charge in [-0.05, 0) is 39.2 Å². The Balaban J connectivity index is 2.75. The quantitative estimate of drug-likeness (QED) is 0.870. The third-order valence-corrected chi connectivity index (χ3v) is 4.12. The van der Waals surface area contributed by atoms with Crippen LogP contribution in [0.25, 0.3) is 0 Å². The number of aromatic nitrogens is 1. The van der Waals surface area contributed by atoms with Crippen molar-refractivity contribution < 1.29 is 4.79 Å². The van der Waals surface area contributed by atoms with Crippen LogP contribution in [0.4, 0.5) is 0 Å². The van der Waals surface area contributed by atoms with Crippen LogP contribution in [0, 0.1) is 19.8 Å². The van der Waals surface area contributed by atoms with E-state index in [0.29, 0.717) is 12.5 Å². The van der Waals surface area contributed by atoms with Crippen molar-refractivity contribution in [3.63, 3.8) is 0 Å². The summed E-state index contributed by atoms with van der Waals surface area (Å²) in [4.78, 5) is 14.3. The summed E-state index contributed by atoms with van der Waals surface area (Å²) in [5.74, 6) is 0.539. The largest absolute Gasteiger partial charge is 0.349 e. The highest BCUT2D eigenvalue weighted by Gasteiger charge is 2.19. The predicted octanol–water partition coefficient (Wildman–Crippen LogP) is 2.57. The van der Waals surface area contributed by atoms with Crippen LogP contribution in [0.2, 0.25) is 0 Å². The summed E-state index contributed by atoms with van der Waals surface area (Å²) in [6.45, 7) is 12.0. The van der Waals surface area contributed by atoms with Gasteiger partial charge in [-0.25, -0.2) is 0 Å². The standard InChI is InChI=1S/C16H29N3O/c1-7-19-12(4)10-14(13(19)5)16(20)18(6)9-8-15(17)11(2)3/h10-11,15H,7-9,17H2,1-6H3. The molecule has 1 unspecified atom stereocenters. The molecule has 0 saturated heterocycles. The number of nitrogens with two attached hydrogens (primary N) is 1. The molecular weight excluding hydrogens is 250 g/mol. The van der Waals surface area contributed by atoms with E-state index in [4.69, 9.17) is 5.73 Å². The zero-order valence-electron chi connectivity index (χ0n) is 13.7. The number of amides is 1. The molecule has 1 aromatic rings. The van der Waals surface area contributed by atoms with E-state index in [-0.39, 0.29) is 11.9 Å². The molecule has 114 valence electrons. The van der Waals surface area contributed by atoms with Gasteiger partial charge in [0.2, 0.25) is 0 Å². The van der Waals surface area contributed by atoms with Gasteiger partial charge in [0.1, 0.15) is 0 Å². The number of hydrogen-bond donors (Lipinski definition) is 1. The Morgan fingerprint density at radius 2 is 2.00 bits per heavy atom. The molecule has 1 aromatic heterocycles. The number of aryl methyl sites for hydroxylation is 1. The van der Waals surface area contributed by atoms with Gasteiger partial charge in [-0.3, -0.25) is 4.79 Å². The van der Waals surface area contributed by atoms with Gasteiger partial charge in [0.25, 0.3) is 5.91 Å².